The molecular formula is C27H24ClN3O3S2. The molecule has 2 unspecified atom stereocenters. The summed E-state index contributed by atoms with van der Waals surface area (Å²) in [4.78, 5) is 5.37. The highest BCUT2D eigenvalue weighted by molar-refractivity contribution is 7.90. The van der Waals surface area contributed by atoms with Gasteiger partial charge in [-0.25, -0.2) is 13.1 Å². The summed E-state index contributed by atoms with van der Waals surface area (Å²) in [5.41, 5.74) is 1.64. The second-order valence-electron chi connectivity index (χ2n) is 9.30. The van der Waals surface area contributed by atoms with E-state index >= 15 is 0 Å². The molecule has 184 valence electrons. The van der Waals surface area contributed by atoms with Gasteiger partial charge >= 0.3 is 0 Å². The van der Waals surface area contributed by atoms with E-state index < -0.39 is 21.7 Å². The van der Waals surface area contributed by atoms with Crippen LogP contribution in [0.4, 0.5) is 0 Å². The van der Waals surface area contributed by atoms with E-state index in [9.17, 15) is 18.8 Å². The molecule has 9 heteroatoms. The van der Waals surface area contributed by atoms with Crippen LogP contribution in [0, 0.1) is 11.3 Å². The summed E-state index contributed by atoms with van der Waals surface area (Å²) in [6, 6.07) is 20.1. The molecule has 6 nitrogen and oxygen atoms in total. The number of nitrogens with one attached hydrogen (secondary N) is 1. The molecule has 1 aliphatic rings. The molecule has 1 saturated carbocycles. The van der Waals surface area contributed by atoms with Crippen molar-refractivity contribution in [3.8, 4) is 17.3 Å². The van der Waals surface area contributed by atoms with E-state index in [1.165, 1.54) is 18.3 Å². The number of aliphatic hydroxyl groups is 1. The van der Waals surface area contributed by atoms with Gasteiger partial charge in [-0.3, -0.25) is 4.98 Å². The number of nitrogens with zero attached hydrogens (tertiary/aromatic N) is 2. The summed E-state index contributed by atoms with van der Waals surface area (Å²) in [5.74, 6) is 0. The fourth-order valence-corrected chi connectivity index (χ4v) is 7.32. The Balaban J connectivity index is 1.59. The summed E-state index contributed by atoms with van der Waals surface area (Å²) >= 11 is 8.02. The number of nitriles is 1. The molecule has 2 aromatic carbocycles. The first kappa shape index (κ1) is 24.9. The van der Waals surface area contributed by atoms with Crippen LogP contribution in [0.25, 0.3) is 21.3 Å². The van der Waals surface area contributed by atoms with Crippen LogP contribution in [0.1, 0.15) is 41.8 Å². The van der Waals surface area contributed by atoms with Crippen LogP contribution < -0.4 is 4.72 Å². The van der Waals surface area contributed by atoms with Crippen molar-refractivity contribution >= 4 is 43.0 Å². The molecule has 0 radical (unpaired) electrons. The minimum Gasteiger partial charge on any atom is -0.375 e. The van der Waals surface area contributed by atoms with E-state index in [4.69, 9.17) is 11.6 Å². The van der Waals surface area contributed by atoms with Crippen molar-refractivity contribution in [3.63, 3.8) is 0 Å². The first-order chi connectivity index (χ1) is 17.2. The Labute approximate surface area is 219 Å². The van der Waals surface area contributed by atoms with Crippen LogP contribution in [0.3, 0.4) is 0 Å². The van der Waals surface area contributed by atoms with Crippen molar-refractivity contribution in [2.24, 2.45) is 0 Å². The normalized spacial score (nSPS) is 16.4. The summed E-state index contributed by atoms with van der Waals surface area (Å²) < 4.78 is 29.8. The maximum absolute atomic E-state index is 12.9. The van der Waals surface area contributed by atoms with Crippen molar-refractivity contribution in [1.29, 1.82) is 5.26 Å². The van der Waals surface area contributed by atoms with Gasteiger partial charge in [0.05, 0.1) is 23.1 Å². The molecule has 2 heterocycles. The number of hydrogen-bond donors (Lipinski definition) is 2. The maximum Gasteiger partial charge on any atom is 0.215 e. The fourth-order valence-electron chi connectivity index (χ4n) is 4.22. The molecule has 36 heavy (non-hydrogen) atoms. The Bertz CT molecular complexity index is 1590. The third-order valence-corrected chi connectivity index (χ3v) is 9.71. The average molecular weight is 538 g/mol. The van der Waals surface area contributed by atoms with Gasteiger partial charge in [0.1, 0.15) is 0 Å². The van der Waals surface area contributed by atoms with Crippen LogP contribution in [0.5, 0.6) is 0 Å². The minimum absolute atomic E-state index is 0.183. The number of pyridine rings is 1. The van der Waals surface area contributed by atoms with E-state index in [0.29, 0.717) is 29.1 Å². The first-order valence-corrected chi connectivity index (χ1v) is 14.3. The predicted molar refractivity (Wildman–Crippen MR) is 143 cm³/mol. The topological polar surface area (TPSA) is 103 Å². The molecule has 1 aliphatic carbocycles. The lowest BCUT2D eigenvalue weighted by atomic mass is 9.97. The van der Waals surface area contributed by atoms with Gasteiger partial charge in [0, 0.05) is 32.8 Å². The third kappa shape index (κ3) is 5.17. The molecule has 2 aromatic heterocycles. The SMILES string of the molecule is CC(O)(C#N)Cc1ccnc(-c2cccc3cc(C(NS(=O)(=O)C4CC4)c4ccccc4Cl)sc23)c1. The number of benzene rings is 2. The Morgan fingerprint density at radius 1 is 1.22 bits per heavy atom. The number of thiophene rings is 1. The van der Waals surface area contributed by atoms with Gasteiger partial charge in [0.2, 0.25) is 10.0 Å². The van der Waals surface area contributed by atoms with E-state index in [0.717, 1.165) is 26.1 Å². The number of fused-ring (bicyclic) bond motifs is 1. The van der Waals surface area contributed by atoms with Gasteiger partial charge < -0.3 is 5.11 Å². The van der Waals surface area contributed by atoms with E-state index in [1.807, 2.05) is 54.6 Å². The monoisotopic (exact) mass is 537 g/mol. The van der Waals surface area contributed by atoms with Gasteiger partial charge in [-0.1, -0.05) is 48.0 Å². The van der Waals surface area contributed by atoms with E-state index in [-0.39, 0.29) is 11.7 Å². The van der Waals surface area contributed by atoms with Crippen molar-refractivity contribution in [3.05, 3.63) is 87.9 Å². The Morgan fingerprint density at radius 3 is 2.72 bits per heavy atom. The first-order valence-electron chi connectivity index (χ1n) is 11.5. The van der Waals surface area contributed by atoms with Crippen LogP contribution in [-0.4, -0.2) is 29.4 Å². The lowest BCUT2D eigenvalue weighted by Gasteiger charge is -2.19. The van der Waals surface area contributed by atoms with Gasteiger partial charge in [0.25, 0.3) is 0 Å². The number of sulfonamides is 1. The molecule has 2 N–H and O–H groups in total. The molecule has 0 aliphatic heterocycles. The molecule has 0 amide bonds. The fraction of sp³-hybridized carbons (Fsp3) is 0.259. The second kappa shape index (κ2) is 9.58. The van der Waals surface area contributed by atoms with Gasteiger partial charge in [-0.2, -0.15) is 5.26 Å². The van der Waals surface area contributed by atoms with E-state index in [2.05, 4.69) is 9.71 Å². The Kier molecular flexibility index (Phi) is 6.62. The highest BCUT2D eigenvalue weighted by atomic mass is 35.5. The lowest BCUT2D eigenvalue weighted by molar-refractivity contribution is 0.120. The molecule has 0 spiro atoms. The van der Waals surface area contributed by atoms with E-state index in [1.54, 1.807) is 18.3 Å². The summed E-state index contributed by atoms with van der Waals surface area (Å²) in [5, 5.41) is 20.5. The predicted octanol–water partition coefficient (Wildman–Crippen LogP) is 5.60. The molecule has 0 saturated heterocycles. The number of hydrogen-bond acceptors (Lipinski definition) is 6. The largest absolute Gasteiger partial charge is 0.375 e. The maximum atomic E-state index is 12.9. The van der Waals surface area contributed by atoms with Gasteiger partial charge in [-0.15, -0.1) is 11.3 Å². The lowest BCUT2D eigenvalue weighted by Crippen LogP contribution is -2.31. The zero-order valence-corrected chi connectivity index (χ0v) is 21.9. The molecule has 4 aromatic rings. The van der Waals surface area contributed by atoms with Gasteiger partial charge in [-0.05, 0) is 60.5 Å². The third-order valence-electron chi connectivity index (χ3n) is 6.20. The quantitative estimate of drug-likeness (QED) is 0.284. The van der Waals surface area contributed by atoms with Crippen LogP contribution in [0.2, 0.25) is 5.02 Å². The van der Waals surface area contributed by atoms with Crippen molar-refractivity contribution in [1.82, 2.24) is 9.71 Å². The highest BCUT2D eigenvalue weighted by Gasteiger charge is 2.38. The van der Waals surface area contributed by atoms with Crippen molar-refractivity contribution < 1.29 is 13.5 Å². The molecule has 0 bridgehead atoms. The Hall–Kier alpha value is -2.80. The summed E-state index contributed by atoms with van der Waals surface area (Å²) in [6.07, 6.45) is 3.19. The average Bonchev–Trinajstić information content (AvgIpc) is 3.63. The standard InChI is InChI=1S/C27H24ClN3O3S2/c1-27(32,16-29)15-17-11-12-30-23(13-17)21-7-4-5-18-14-24(35-26(18)21)25(20-6-2-3-8-22(20)28)31-36(33,34)19-9-10-19/h2-8,11-14,19,25,31-32H,9-10,15H2,1H3. The minimum atomic E-state index is -3.49. The van der Waals surface area contributed by atoms with Crippen LogP contribution in [-0.2, 0) is 16.4 Å². The number of aromatic nitrogens is 1. The second-order valence-corrected chi connectivity index (χ2v) is 12.8. The summed E-state index contributed by atoms with van der Waals surface area (Å²) in [6.45, 7) is 1.48. The highest BCUT2D eigenvalue weighted by Crippen LogP contribution is 2.41. The molecule has 5 rings (SSSR count). The number of halogens is 1. The zero-order chi connectivity index (χ0) is 25.5. The molecule has 2 atom stereocenters. The molecule has 1 fully saturated rings. The summed E-state index contributed by atoms with van der Waals surface area (Å²) in [7, 11) is -3.49. The smallest absolute Gasteiger partial charge is 0.215 e. The zero-order valence-electron chi connectivity index (χ0n) is 19.5. The Morgan fingerprint density at radius 2 is 2.00 bits per heavy atom. The van der Waals surface area contributed by atoms with Crippen molar-refractivity contribution in [2.45, 2.75) is 43.1 Å². The van der Waals surface area contributed by atoms with Gasteiger partial charge in [0.15, 0.2) is 5.60 Å². The van der Waals surface area contributed by atoms with Crippen molar-refractivity contribution in [2.75, 3.05) is 0 Å². The van der Waals surface area contributed by atoms with Crippen LogP contribution in [0.15, 0.2) is 66.9 Å². The number of rotatable bonds is 8. The van der Waals surface area contributed by atoms with Crippen LogP contribution >= 0.6 is 22.9 Å². The molecular weight excluding hydrogens is 514 g/mol.